The average molecular weight is 334 g/mol. The quantitative estimate of drug-likeness (QED) is 0.908. The van der Waals surface area contributed by atoms with Gasteiger partial charge >= 0.3 is 0 Å². The van der Waals surface area contributed by atoms with Gasteiger partial charge < -0.3 is 9.73 Å². The normalized spacial score (nSPS) is 16.5. The third kappa shape index (κ3) is 3.11. The summed E-state index contributed by atoms with van der Waals surface area (Å²) in [4.78, 5) is 23.9. The van der Waals surface area contributed by atoms with Gasteiger partial charge in [0.05, 0.1) is 24.2 Å². The number of hydrogen-bond acceptors (Lipinski definition) is 5. The molecule has 0 radical (unpaired) electrons. The number of rotatable bonds is 4. The number of carbonyl (C=O) groups excluding carboxylic acids is 2. The van der Waals surface area contributed by atoms with Crippen molar-refractivity contribution in [3.63, 3.8) is 0 Å². The predicted octanol–water partition coefficient (Wildman–Crippen LogP) is 1.28. The van der Waals surface area contributed by atoms with Crippen molar-refractivity contribution >= 4 is 27.5 Å². The smallest absolute Gasteiger partial charge is 0.251 e. The standard InChI is InChI=1S/C15H14N2O5S/c18-14-6-8-23(20,21)17(14)12-4-1-3-11(9-12)15(19)16-10-13-5-2-7-22-13/h1-5,7,9H,6,8,10H2,(H,16,19). The highest BCUT2D eigenvalue weighted by atomic mass is 32.2. The van der Waals surface area contributed by atoms with Crippen molar-refractivity contribution in [2.45, 2.75) is 13.0 Å². The summed E-state index contributed by atoms with van der Waals surface area (Å²) >= 11 is 0. The number of furan rings is 1. The molecule has 1 aliphatic heterocycles. The van der Waals surface area contributed by atoms with Gasteiger partial charge in [-0.15, -0.1) is 0 Å². The molecule has 8 heteroatoms. The Morgan fingerprint density at radius 2 is 2.09 bits per heavy atom. The van der Waals surface area contributed by atoms with Crippen LogP contribution in [0.2, 0.25) is 0 Å². The largest absolute Gasteiger partial charge is 0.467 e. The van der Waals surface area contributed by atoms with Crippen LogP contribution >= 0.6 is 0 Å². The fourth-order valence-electron chi connectivity index (χ4n) is 2.32. The van der Waals surface area contributed by atoms with E-state index in [4.69, 9.17) is 4.42 Å². The molecular weight excluding hydrogens is 320 g/mol. The Morgan fingerprint density at radius 1 is 1.26 bits per heavy atom. The lowest BCUT2D eigenvalue weighted by atomic mass is 10.2. The predicted molar refractivity (Wildman–Crippen MR) is 82.2 cm³/mol. The second-order valence-corrected chi connectivity index (χ2v) is 6.97. The average Bonchev–Trinajstić information content (AvgIpc) is 3.13. The van der Waals surface area contributed by atoms with Crippen LogP contribution in [-0.4, -0.2) is 26.0 Å². The number of carbonyl (C=O) groups is 2. The molecule has 0 saturated carbocycles. The maximum absolute atomic E-state index is 12.1. The summed E-state index contributed by atoms with van der Waals surface area (Å²) in [6, 6.07) is 9.41. The Labute approximate surface area is 132 Å². The molecule has 3 rings (SSSR count). The molecule has 1 aromatic carbocycles. The van der Waals surface area contributed by atoms with Crippen molar-refractivity contribution in [3.8, 4) is 0 Å². The van der Waals surface area contributed by atoms with Crippen LogP contribution in [0.1, 0.15) is 22.5 Å². The molecule has 0 unspecified atom stereocenters. The Morgan fingerprint density at radius 3 is 2.74 bits per heavy atom. The highest BCUT2D eigenvalue weighted by Gasteiger charge is 2.36. The van der Waals surface area contributed by atoms with Gasteiger partial charge in [-0.25, -0.2) is 12.7 Å². The Balaban J connectivity index is 1.79. The topological polar surface area (TPSA) is 96.7 Å². The lowest BCUT2D eigenvalue weighted by molar-refractivity contribution is -0.116. The van der Waals surface area contributed by atoms with Gasteiger partial charge in [0.2, 0.25) is 15.9 Å². The van der Waals surface area contributed by atoms with Crippen LogP contribution in [0.5, 0.6) is 0 Å². The molecule has 120 valence electrons. The molecule has 2 amide bonds. The van der Waals surface area contributed by atoms with Gasteiger partial charge in [0.25, 0.3) is 5.91 Å². The van der Waals surface area contributed by atoms with Crippen LogP contribution < -0.4 is 9.62 Å². The number of benzene rings is 1. The molecule has 7 nitrogen and oxygen atoms in total. The Kier molecular flexibility index (Phi) is 3.91. The van der Waals surface area contributed by atoms with Crippen LogP contribution in [-0.2, 0) is 21.4 Å². The third-order valence-corrected chi connectivity index (χ3v) is 5.12. The summed E-state index contributed by atoms with van der Waals surface area (Å²) in [5, 5.41) is 2.67. The van der Waals surface area contributed by atoms with Crippen LogP contribution in [0.15, 0.2) is 47.1 Å². The molecule has 2 aromatic rings. The summed E-state index contributed by atoms with van der Waals surface area (Å²) in [5.74, 6) is -0.474. The number of nitrogens with one attached hydrogen (secondary N) is 1. The first-order chi connectivity index (χ1) is 11.0. The summed E-state index contributed by atoms with van der Waals surface area (Å²) in [6.45, 7) is 0.219. The van der Waals surface area contributed by atoms with Gasteiger partial charge in [0.1, 0.15) is 5.76 Å². The Hall–Kier alpha value is -2.61. The van der Waals surface area contributed by atoms with E-state index in [9.17, 15) is 18.0 Å². The minimum Gasteiger partial charge on any atom is -0.467 e. The van der Waals surface area contributed by atoms with E-state index < -0.39 is 15.9 Å². The number of anilines is 1. The molecule has 1 saturated heterocycles. The van der Waals surface area contributed by atoms with Crippen molar-refractivity contribution in [1.82, 2.24) is 5.32 Å². The van der Waals surface area contributed by atoms with Crippen LogP contribution in [0.3, 0.4) is 0 Å². The highest BCUT2D eigenvalue weighted by Crippen LogP contribution is 2.25. The molecule has 2 heterocycles. The second-order valence-electron chi connectivity index (χ2n) is 5.04. The Bertz CT molecular complexity index is 843. The molecule has 0 bridgehead atoms. The van der Waals surface area contributed by atoms with Crippen molar-refractivity contribution < 1.29 is 22.4 Å². The molecule has 0 spiro atoms. The molecule has 23 heavy (non-hydrogen) atoms. The first-order valence-corrected chi connectivity index (χ1v) is 8.55. The van der Waals surface area contributed by atoms with Gasteiger partial charge in [-0.2, -0.15) is 0 Å². The first kappa shape index (κ1) is 15.3. The third-order valence-electron chi connectivity index (χ3n) is 3.42. The minimum absolute atomic E-state index is 0.0444. The number of sulfonamides is 1. The first-order valence-electron chi connectivity index (χ1n) is 6.94. The van der Waals surface area contributed by atoms with E-state index in [1.165, 1.54) is 24.5 Å². The fraction of sp³-hybridized carbons (Fsp3) is 0.200. The van der Waals surface area contributed by atoms with E-state index >= 15 is 0 Å². The summed E-state index contributed by atoms with van der Waals surface area (Å²) in [6.07, 6.45) is 1.46. The number of nitrogens with zero attached hydrogens (tertiary/aromatic N) is 1. The zero-order chi connectivity index (χ0) is 16.4. The van der Waals surface area contributed by atoms with E-state index in [1.807, 2.05) is 0 Å². The van der Waals surface area contributed by atoms with Crippen molar-refractivity contribution in [2.75, 3.05) is 10.1 Å². The summed E-state index contributed by atoms with van der Waals surface area (Å²) < 4.78 is 29.7. The molecule has 1 aliphatic rings. The molecule has 0 atom stereocenters. The minimum atomic E-state index is -3.64. The maximum Gasteiger partial charge on any atom is 0.251 e. The maximum atomic E-state index is 12.1. The lowest BCUT2D eigenvalue weighted by Crippen LogP contribution is -2.30. The SMILES string of the molecule is O=C(NCc1ccco1)c1cccc(N2C(=O)CCS2(=O)=O)c1. The van der Waals surface area contributed by atoms with E-state index in [2.05, 4.69) is 5.32 Å². The van der Waals surface area contributed by atoms with Crippen LogP contribution in [0.25, 0.3) is 0 Å². The fourth-order valence-corrected chi connectivity index (χ4v) is 3.78. The monoisotopic (exact) mass is 334 g/mol. The molecule has 1 N–H and O–H groups in total. The van der Waals surface area contributed by atoms with E-state index in [0.717, 1.165) is 4.31 Å². The zero-order valence-corrected chi connectivity index (χ0v) is 12.9. The molecule has 0 aliphatic carbocycles. The van der Waals surface area contributed by atoms with Gasteiger partial charge in [-0.05, 0) is 30.3 Å². The summed E-state index contributed by atoms with van der Waals surface area (Å²) in [5.41, 5.74) is 0.446. The summed E-state index contributed by atoms with van der Waals surface area (Å²) in [7, 11) is -3.64. The number of amides is 2. The van der Waals surface area contributed by atoms with Crippen molar-refractivity contribution in [2.24, 2.45) is 0 Å². The van der Waals surface area contributed by atoms with Gasteiger partial charge in [-0.1, -0.05) is 6.07 Å². The van der Waals surface area contributed by atoms with Gasteiger partial charge in [0.15, 0.2) is 0 Å². The van der Waals surface area contributed by atoms with E-state index in [-0.39, 0.29) is 35.9 Å². The molecule has 1 fully saturated rings. The van der Waals surface area contributed by atoms with Crippen LogP contribution in [0, 0.1) is 0 Å². The van der Waals surface area contributed by atoms with Gasteiger partial charge in [-0.3, -0.25) is 9.59 Å². The van der Waals surface area contributed by atoms with E-state index in [1.54, 1.807) is 18.2 Å². The molecule has 1 aromatic heterocycles. The number of hydrogen-bond donors (Lipinski definition) is 1. The second kappa shape index (κ2) is 5.88. The van der Waals surface area contributed by atoms with Crippen molar-refractivity contribution in [1.29, 1.82) is 0 Å². The van der Waals surface area contributed by atoms with Crippen LogP contribution in [0.4, 0.5) is 5.69 Å². The van der Waals surface area contributed by atoms with E-state index in [0.29, 0.717) is 5.76 Å². The van der Waals surface area contributed by atoms with Gasteiger partial charge in [0, 0.05) is 12.0 Å². The highest BCUT2D eigenvalue weighted by molar-refractivity contribution is 7.94. The zero-order valence-electron chi connectivity index (χ0n) is 12.1. The lowest BCUT2D eigenvalue weighted by Gasteiger charge is -2.15. The molecular formula is C15H14N2O5S. The van der Waals surface area contributed by atoms with Crippen molar-refractivity contribution in [3.05, 3.63) is 54.0 Å².